The van der Waals surface area contributed by atoms with Crippen LogP contribution in [-0.4, -0.2) is 46.5 Å². The summed E-state index contributed by atoms with van der Waals surface area (Å²) in [6.45, 7) is 3.48. The topological polar surface area (TPSA) is 74.2 Å². The normalized spacial score (nSPS) is 19.0. The highest BCUT2D eigenvalue weighted by atomic mass is 32.1. The molecule has 1 unspecified atom stereocenters. The molecular weight excluding hydrogens is 322 g/mol. The Kier molecular flexibility index (Phi) is 4.73. The number of aryl methyl sites for hydroxylation is 2. The summed E-state index contributed by atoms with van der Waals surface area (Å²) in [5.74, 6) is 1.62. The first-order valence-electron chi connectivity index (χ1n) is 8.67. The zero-order chi connectivity index (χ0) is 16.4. The van der Waals surface area contributed by atoms with Gasteiger partial charge in [0.05, 0.1) is 16.9 Å². The minimum absolute atomic E-state index is 0.515. The lowest BCUT2D eigenvalue weighted by atomic mass is 9.95. The van der Waals surface area contributed by atoms with Crippen molar-refractivity contribution in [1.29, 1.82) is 0 Å². The Labute approximate surface area is 145 Å². The second kappa shape index (κ2) is 7.13. The van der Waals surface area contributed by atoms with Gasteiger partial charge in [0.2, 0.25) is 0 Å². The summed E-state index contributed by atoms with van der Waals surface area (Å²) in [5, 5.41) is 24.1. The fourth-order valence-electron chi connectivity index (χ4n) is 3.43. The lowest BCUT2D eigenvalue weighted by molar-refractivity contribution is 0.167. The summed E-state index contributed by atoms with van der Waals surface area (Å²) in [5.41, 5.74) is 5.09. The maximum atomic E-state index is 10.0. The molecule has 7 heteroatoms. The van der Waals surface area contributed by atoms with Crippen molar-refractivity contribution in [2.75, 3.05) is 31.1 Å². The largest absolute Gasteiger partial charge is 0.385 e. The van der Waals surface area contributed by atoms with Crippen molar-refractivity contribution in [3.63, 3.8) is 0 Å². The predicted octanol–water partition coefficient (Wildman–Crippen LogP) is 1.57. The van der Waals surface area contributed by atoms with Crippen molar-refractivity contribution in [3.8, 4) is 0 Å². The second-order valence-corrected chi connectivity index (χ2v) is 7.46. The average Bonchev–Trinajstić information content (AvgIpc) is 3.11. The third-order valence-electron chi connectivity index (χ3n) is 4.90. The summed E-state index contributed by atoms with van der Waals surface area (Å²) in [6, 6.07) is 2.23. The van der Waals surface area contributed by atoms with E-state index in [0.29, 0.717) is 12.5 Å². The van der Waals surface area contributed by atoms with E-state index in [4.69, 9.17) is 0 Å². The lowest BCUT2D eigenvalue weighted by Crippen LogP contribution is -2.51. The van der Waals surface area contributed by atoms with Crippen molar-refractivity contribution >= 4 is 17.2 Å². The molecular formula is C17H23N5OS. The van der Waals surface area contributed by atoms with Crippen LogP contribution < -0.4 is 10.2 Å². The molecule has 0 bridgehead atoms. The van der Waals surface area contributed by atoms with Gasteiger partial charge in [-0.2, -0.15) is 5.10 Å². The highest BCUT2D eigenvalue weighted by Crippen LogP contribution is 2.26. The monoisotopic (exact) mass is 345 g/mol. The third kappa shape index (κ3) is 3.43. The van der Waals surface area contributed by atoms with Gasteiger partial charge in [-0.25, -0.2) is 4.98 Å². The Balaban J connectivity index is 1.22. The average molecular weight is 345 g/mol. The van der Waals surface area contributed by atoms with E-state index >= 15 is 0 Å². The SMILES string of the molecule is OC(CNCC1CN(c2cc3c(nn2)CCCC3)C1)c1cscn1. The molecule has 1 fully saturated rings. The van der Waals surface area contributed by atoms with Gasteiger partial charge in [0.25, 0.3) is 0 Å². The Morgan fingerprint density at radius 2 is 2.17 bits per heavy atom. The van der Waals surface area contributed by atoms with Crippen LogP contribution in [0, 0.1) is 5.92 Å². The summed E-state index contributed by atoms with van der Waals surface area (Å²) < 4.78 is 0. The molecule has 2 aromatic rings. The van der Waals surface area contributed by atoms with E-state index in [2.05, 4.69) is 31.5 Å². The van der Waals surface area contributed by atoms with Crippen LogP contribution in [-0.2, 0) is 12.8 Å². The molecule has 4 rings (SSSR count). The summed E-state index contributed by atoms with van der Waals surface area (Å²) in [4.78, 5) is 6.44. The van der Waals surface area contributed by atoms with Gasteiger partial charge in [-0.3, -0.25) is 0 Å². The van der Waals surface area contributed by atoms with Crippen LogP contribution in [0.3, 0.4) is 0 Å². The molecule has 0 spiro atoms. The molecule has 6 nitrogen and oxygen atoms in total. The molecule has 1 aliphatic heterocycles. The van der Waals surface area contributed by atoms with Gasteiger partial charge >= 0.3 is 0 Å². The smallest absolute Gasteiger partial charge is 0.151 e. The molecule has 0 aromatic carbocycles. The molecule has 24 heavy (non-hydrogen) atoms. The zero-order valence-electron chi connectivity index (χ0n) is 13.7. The van der Waals surface area contributed by atoms with Crippen LogP contribution in [0.4, 0.5) is 5.82 Å². The molecule has 3 heterocycles. The molecule has 0 amide bonds. The van der Waals surface area contributed by atoms with Crippen LogP contribution >= 0.6 is 11.3 Å². The van der Waals surface area contributed by atoms with Gasteiger partial charge in [0, 0.05) is 37.5 Å². The van der Waals surface area contributed by atoms with E-state index in [0.717, 1.165) is 44.0 Å². The van der Waals surface area contributed by atoms with Gasteiger partial charge in [0.15, 0.2) is 5.82 Å². The van der Waals surface area contributed by atoms with Gasteiger partial charge < -0.3 is 15.3 Å². The number of aromatic nitrogens is 3. The molecule has 1 atom stereocenters. The Bertz CT molecular complexity index is 672. The first-order chi connectivity index (χ1) is 11.8. The number of nitrogens with zero attached hydrogens (tertiary/aromatic N) is 4. The molecule has 1 aliphatic carbocycles. The number of rotatable bonds is 6. The highest BCUT2D eigenvalue weighted by Gasteiger charge is 2.28. The third-order valence-corrected chi connectivity index (χ3v) is 5.51. The van der Waals surface area contributed by atoms with E-state index in [1.54, 1.807) is 5.51 Å². The summed E-state index contributed by atoms with van der Waals surface area (Å²) in [7, 11) is 0. The van der Waals surface area contributed by atoms with E-state index in [1.165, 1.54) is 35.4 Å². The van der Waals surface area contributed by atoms with E-state index < -0.39 is 6.10 Å². The minimum Gasteiger partial charge on any atom is -0.385 e. The molecule has 2 aromatic heterocycles. The van der Waals surface area contributed by atoms with Crippen LogP contribution in [0.15, 0.2) is 17.0 Å². The second-order valence-electron chi connectivity index (χ2n) is 6.74. The van der Waals surface area contributed by atoms with Crippen molar-refractivity contribution in [2.45, 2.75) is 31.8 Å². The van der Waals surface area contributed by atoms with Crippen molar-refractivity contribution in [3.05, 3.63) is 33.9 Å². The number of hydrogen-bond acceptors (Lipinski definition) is 7. The van der Waals surface area contributed by atoms with Gasteiger partial charge in [0.1, 0.15) is 6.10 Å². The first kappa shape index (κ1) is 15.9. The fraction of sp³-hybridized carbons (Fsp3) is 0.588. The minimum atomic E-state index is -0.515. The standard InChI is InChI=1S/C17H23N5OS/c23-16(15-10-24-11-19-15)7-18-6-12-8-22(9-12)17-5-13-3-1-2-4-14(13)20-21-17/h5,10-12,16,18,23H,1-4,6-9H2. The number of thiazole rings is 1. The lowest BCUT2D eigenvalue weighted by Gasteiger charge is -2.40. The quantitative estimate of drug-likeness (QED) is 0.828. The van der Waals surface area contributed by atoms with Crippen LogP contribution in [0.1, 0.15) is 35.9 Å². The van der Waals surface area contributed by atoms with Crippen LogP contribution in [0.25, 0.3) is 0 Å². The Morgan fingerprint density at radius 1 is 1.29 bits per heavy atom. The summed E-state index contributed by atoms with van der Waals surface area (Å²) in [6.07, 6.45) is 4.22. The highest BCUT2D eigenvalue weighted by molar-refractivity contribution is 7.07. The maximum Gasteiger partial charge on any atom is 0.151 e. The van der Waals surface area contributed by atoms with Crippen molar-refractivity contribution < 1.29 is 5.11 Å². The molecule has 2 N–H and O–H groups in total. The molecule has 0 saturated carbocycles. The fourth-order valence-corrected chi connectivity index (χ4v) is 4.04. The van der Waals surface area contributed by atoms with E-state index in [9.17, 15) is 5.11 Å². The first-order valence-corrected chi connectivity index (χ1v) is 9.61. The Morgan fingerprint density at radius 3 is 3.00 bits per heavy atom. The van der Waals surface area contributed by atoms with Crippen molar-refractivity contribution in [2.24, 2.45) is 5.92 Å². The maximum absolute atomic E-state index is 10.0. The number of nitrogens with one attached hydrogen (secondary N) is 1. The van der Waals surface area contributed by atoms with Gasteiger partial charge in [-0.1, -0.05) is 0 Å². The number of aliphatic hydroxyl groups excluding tert-OH is 1. The van der Waals surface area contributed by atoms with E-state index in [-0.39, 0.29) is 0 Å². The number of hydrogen-bond donors (Lipinski definition) is 2. The van der Waals surface area contributed by atoms with Gasteiger partial charge in [-0.15, -0.1) is 16.4 Å². The van der Waals surface area contributed by atoms with Gasteiger partial charge in [-0.05, 0) is 37.3 Å². The number of anilines is 1. The summed E-state index contributed by atoms with van der Waals surface area (Å²) >= 11 is 1.51. The Hall–Kier alpha value is -1.57. The van der Waals surface area contributed by atoms with Crippen LogP contribution in [0.2, 0.25) is 0 Å². The van der Waals surface area contributed by atoms with Crippen molar-refractivity contribution in [1.82, 2.24) is 20.5 Å². The molecule has 2 aliphatic rings. The molecule has 0 radical (unpaired) electrons. The predicted molar refractivity (Wildman–Crippen MR) is 94.3 cm³/mol. The molecule has 128 valence electrons. The van der Waals surface area contributed by atoms with Crippen LogP contribution in [0.5, 0.6) is 0 Å². The number of fused-ring (bicyclic) bond motifs is 1. The zero-order valence-corrected chi connectivity index (χ0v) is 14.5. The van der Waals surface area contributed by atoms with E-state index in [1.807, 2.05) is 5.38 Å². The molecule has 1 saturated heterocycles. The number of aliphatic hydroxyl groups is 1.